The van der Waals surface area contributed by atoms with E-state index in [-0.39, 0.29) is 11.3 Å². The second kappa shape index (κ2) is 5.51. The number of ether oxygens (including phenoxy) is 1. The number of methoxy groups -OCH3 is 1. The zero-order chi connectivity index (χ0) is 13.9. The highest BCUT2D eigenvalue weighted by Crippen LogP contribution is 2.35. The van der Waals surface area contributed by atoms with Crippen LogP contribution in [0.15, 0.2) is 18.2 Å². The van der Waals surface area contributed by atoms with Crippen molar-refractivity contribution in [1.82, 2.24) is 0 Å². The highest BCUT2D eigenvalue weighted by molar-refractivity contribution is 5.40. The molecule has 0 unspecified atom stereocenters. The first-order chi connectivity index (χ1) is 8.25. The van der Waals surface area contributed by atoms with Gasteiger partial charge in [-0.05, 0) is 12.1 Å². The molecule has 2 N–H and O–H groups in total. The smallest absolute Gasteiger partial charge is 0.416 e. The number of alkyl halides is 5. The average Bonchev–Trinajstić information content (AvgIpc) is 2.26. The molecule has 102 valence electrons. The summed E-state index contributed by atoms with van der Waals surface area (Å²) in [6.45, 7) is 0. The van der Waals surface area contributed by atoms with Crippen LogP contribution >= 0.6 is 0 Å². The number of hydrogen-bond donors (Lipinski definition) is 1. The molecule has 0 aliphatic heterocycles. The van der Waals surface area contributed by atoms with Crippen molar-refractivity contribution in [1.29, 1.82) is 0 Å². The molecule has 0 spiro atoms. The fourth-order valence-corrected chi connectivity index (χ4v) is 1.51. The largest absolute Gasteiger partial charge is 0.496 e. The fourth-order valence-electron chi connectivity index (χ4n) is 1.51. The number of hydrogen-bond acceptors (Lipinski definition) is 2. The van der Waals surface area contributed by atoms with Crippen molar-refractivity contribution in [2.24, 2.45) is 5.73 Å². The van der Waals surface area contributed by atoms with E-state index in [0.717, 1.165) is 25.3 Å². The summed E-state index contributed by atoms with van der Waals surface area (Å²) in [5, 5.41) is 0. The van der Waals surface area contributed by atoms with E-state index in [4.69, 9.17) is 10.5 Å². The van der Waals surface area contributed by atoms with Crippen LogP contribution in [0.3, 0.4) is 0 Å². The van der Waals surface area contributed by atoms with Gasteiger partial charge in [0.2, 0.25) is 6.43 Å². The van der Waals surface area contributed by atoms with Crippen LogP contribution < -0.4 is 10.5 Å². The van der Waals surface area contributed by atoms with Crippen LogP contribution in [0.5, 0.6) is 5.75 Å². The summed E-state index contributed by atoms with van der Waals surface area (Å²) in [7, 11) is 1.16. The normalized spacial score (nSPS) is 13.8. The maximum Gasteiger partial charge on any atom is 0.416 e. The molecular formula is C11H12F5NO. The molecule has 18 heavy (non-hydrogen) atoms. The predicted molar refractivity (Wildman–Crippen MR) is 55.5 cm³/mol. The van der Waals surface area contributed by atoms with Crippen molar-refractivity contribution in [3.63, 3.8) is 0 Å². The van der Waals surface area contributed by atoms with Gasteiger partial charge in [0.15, 0.2) is 0 Å². The highest BCUT2D eigenvalue weighted by Gasteiger charge is 2.31. The van der Waals surface area contributed by atoms with Crippen LogP contribution in [-0.4, -0.2) is 13.5 Å². The maximum atomic E-state index is 12.4. The van der Waals surface area contributed by atoms with Gasteiger partial charge in [0.1, 0.15) is 5.75 Å². The van der Waals surface area contributed by atoms with E-state index in [1.807, 2.05) is 0 Å². The van der Waals surface area contributed by atoms with Crippen LogP contribution in [0.4, 0.5) is 22.0 Å². The van der Waals surface area contributed by atoms with Gasteiger partial charge in [-0.15, -0.1) is 0 Å². The molecule has 2 nitrogen and oxygen atoms in total. The van der Waals surface area contributed by atoms with Gasteiger partial charge in [0.05, 0.1) is 12.7 Å². The molecule has 0 radical (unpaired) electrons. The molecule has 0 bridgehead atoms. The number of benzene rings is 1. The van der Waals surface area contributed by atoms with E-state index < -0.39 is 30.6 Å². The lowest BCUT2D eigenvalue weighted by Gasteiger charge is -2.17. The molecule has 0 amide bonds. The van der Waals surface area contributed by atoms with Crippen LogP contribution in [-0.2, 0) is 6.18 Å². The predicted octanol–water partition coefficient (Wildman–Crippen LogP) is 3.37. The van der Waals surface area contributed by atoms with Crippen molar-refractivity contribution in [2.45, 2.75) is 25.1 Å². The Kier molecular flexibility index (Phi) is 4.50. The summed E-state index contributed by atoms with van der Waals surface area (Å²) >= 11 is 0. The second-order valence-electron chi connectivity index (χ2n) is 3.69. The first-order valence-electron chi connectivity index (χ1n) is 5.04. The van der Waals surface area contributed by atoms with Crippen LogP contribution in [0.25, 0.3) is 0 Å². The lowest BCUT2D eigenvalue weighted by atomic mass is 10.0. The van der Waals surface area contributed by atoms with Gasteiger partial charge in [-0.25, -0.2) is 8.78 Å². The van der Waals surface area contributed by atoms with Gasteiger partial charge in [0.25, 0.3) is 0 Å². The zero-order valence-corrected chi connectivity index (χ0v) is 9.47. The number of halogens is 5. The number of nitrogens with two attached hydrogens (primary N) is 1. The minimum Gasteiger partial charge on any atom is -0.496 e. The van der Waals surface area contributed by atoms with Gasteiger partial charge in [-0.1, -0.05) is 6.07 Å². The summed E-state index contributed by atoms with van der Waals surface area (Å²) in [6, 6.07) is 1.54. The van der Waals surface area contributed by atoms with Crippen LogP contribution in [0.2, 0.25) is 0 Å². The standard InChI is InChI=1S/C11H12F5NO/c1-18-9-4-6(11(14,15)16)2-3-7(9)8(17)5-10(12)13/h2-4,8,10H,5,17H2,1H3/t8-/m0/s1. The summed E-state index contributed by atoms with van der Waals surface area (Å²) in [4.78, 5) is 0. The van der Waals surface area contributed by atoms with Crippen molar-refractivity contribution < 1.29 is 26.7 Å². The van der Waals surface area contributed by atoms with Crippen LogP contribution in [0, 0.1) is 0 Å². The van der Waals surface area contributed by atoms with E-state index in [0.29, 0.717) is 0 Å². The molecule has 0 fully saturated rings. The Morgan fingerprint density at radius 1 is 1.28 bits per heavy atom. The van der Waals surface area contributed by atoms with E-state index in [9.17, 15) is 22.0 Å². The summed E-state index contributed by atoms with van der Waals surface area (Å²) in [6.07, 6.45) is -7.78. The Morgan fingerprint density at radius 3 is 2.33 bits per heavy atom. The maximum absolute atomic E-state index is 12.4. The first kappa shape index (κ1) is 14.7. The third-order valence-corrected chi connectivity index (χ3v) is 2.39. The SMILES string of the molecule is COc1cc(C(F)(F)F)ccc1[C@@H](N)CC(F)F. The van der Waals surface area contributed by atoms with E-state index in [2.05, 4.69) is 0 Å². The van der Waals surface area contributed by atoms with Crippen molar-refractivity contribution in [3.05, 3.63) is 29.3 Å². The van der Waals surface area contributed by atoms with E-state index in [1.54, 1.807) is 0 Å². The minimum atomic E-state index is -4.52. The van der Waals surface area contributed by atoms with Gasteiger partial charge >= 0.3 is 6.18 Å². The Balaban J connectivity index is 3.07. The van der Waals surface area contributed by atoms with E-state index in [1.165, 1.54) is 0 Å². The highest BCUT2D eigenvalue weighted by atomic mass is 19.4. The van der Waals surface area contributed by atoms with Crippen molar-refractivity contribution >= 4 is 0 Å². The van der Waals surface area contributed by atoms with Gasteiger partial charge in [-0.2, -0.15) is 13.2 Å². The van der Waals surface area contributed by atoms with E-state index >= 15 is 0 Å². The topological polar surface area (TPSA) is 35.2 Å². The summed E-state index contributed by atoms with van der Waals surface area (Å²) in [5.41, 5.74) is 4.71. The Hall–Kier alpha value is -1.37. The zero-order valence-electron chi connectivity index (χ0n) is 9.47. The summed E-state index contributed by atoms with van der Waals surface area (Å²) < 4.78 is 66.4. The Bertz CT molecular complexity index is 405. The molecule has 0 heterocycles. The van der Waals surface area contributed by atoms with Crippen molar-refractivity contribution in [2.75, 3.05) is 7.11 Å². The fraction of sp³-hybridized carbons (Fsp3) is 0.455. The number of rotatable bonds is 4. The molecule has 7 heteroatoms. The lowest BCUT2D eigenvalue weighted by molar-refractivity contribution is -0.137. The molecule has 0 aliphatic carbocycles. The van der Waals surface area contributed by atoms with Gasteiger partial charge in [-0.3, -0.25) is 0 Å². The molecule has 0 saturated carbocycles. The van der Waals surface area contributed by atoms with Gasteiger partial charge < -0.3 is 10.5 Å². The molecule has 0 saturated heterocycles. The average molecular weight is 269 g/mol. The molecule has 1 atom stereocenters. The Labute approximate surface area is 101 Å². The lowest BCUT2D eigenvalue weighted by Crippen LogP contribution is -2.16. The molecule has 1 aromatic carbocycles. The molecule has 0 aliphatic rings. The first-order valence-corrected chi connectivity index (χ1v) is 5.04. The second-order valence-corrected chi connectivity index (χ2v) is 3.69. The monoisotopic (exact) mass is 269 g/mol. The van der Waals surface area contributed by atoms with Crippen molar-refractivity contribution in [3.8, 4) is 5.75 Å². The molecule has 0 aromatic heterocycles. The van der Waals surface area contributed by atoms with Gasteiger partial charge in [0, 0.05) is 18.0 Å². The molecule has 1 rings (SSSR count). The quantitative estimate of drug-likeness (QED) is 0.850. The molecular weight excluding hydrogens is 257 g/mol. The third-order valence-electron chi connectivity index (χ3n) is 2.39. The van der Waals surface area contributed by atoms with Crippen LogP contribution in [0.1, 0.15) is 23.6 Å². The minimum absolute atomic E-state index is 0.130. The molecule has 1 aromatic rings. The third kappa shape index (κ3) is 3.56. The Morgan fingerprint density at radius 2 is 1.89 bits per heavy atom. The summed E-state index contributed by atoms with van der Waals surface area (Å²) in [5.74, 6) is -0.141.